The maximum Gasteiger partial charge on any atom is 0.269 e. The Balaban J connectivity index is 1.42. The third-order valence-electron chi connectivity index (χ3n) is 5.99. The van der Waals surface area contributed by atoms with E-state index in [2.05, 4.69) is 46.5 Å². The molecule has 0 spiro atoms. The molecule has 6 rings (SSSR count). The van der Waals surface area contributed by atoms with Crippen molar-refractivity contribution in [1.82, 2.24) is 15.0 Å². The number of nitrogen functional groups attached to an aromatic ring is 1. The lowest BCUT2D eigenvalue weighted by atomic mass is 9.99. The zero-order valence-electron chi connectivity index (χ0n) is 19.8. The van der Waals surface area contributed by atoms with Crippen LogP contribution < -0.4 is 11.1 Å². The molecule has 0 atom stereocenters. The summed E-state index contributed by atoms with van der Waals surface area (Å²) in [5.74, 6) is -0.307. The van der Waals surface area contributed by atoms with Crippen LogP contribution >= 0.6 is 22.7 Å². The van der Waals surface area contributed by atoms with Gasteiger partial charge in [-0.05, 0) is 36.2 Å². The van der Waals surface area contributed by atoms with Gasteiger partial charge in [-0.15, -0.1) is 22.7 Å². The average molecular weight is 520 g/mol. The van der Waals surface area contributed by atoms with E-state index in [0.29, 0.717) is 26.2 Å². The molecule has 0 aliphatic carbocycles. The highest BCUT2D eigenvalue weighted by Gasteiger charge is 2.22. The highest BCUT2D eigenvalue weighted by Crippen LogP contribution is 2.41. The normalized spacial score (nSPS) is 11.1. The number of aromatic nitrogens is 3. The fraction of sp³-hybridized carbons (Fsp3) is 0.0345. The van der Waals surface area contributed by atoms with Crippen LogP contribution in [0.25, 0.3) is 44.0 Å². The Morgan fingerprint density at radius 1 is 0.865 bits per heavy atom. The zero-order valence-corrected chi connectivity index (χ0v) is 21.4. The average Bonchev–Trinajstić information content (AvgIpc) is 3.54. The van der Waals surface area contributed by atoms with Gasteiger partial charge in [0, 0.05) is 22.5 Å². The van der Waals surface area contributed by atoms with Gasteiger partial charge in [-0.1, -0.05) is 66.2 Å². The first-order valence-electron chi connectivity index (χ1n) is 11.6. The van der Waals surface area contributed by atoms with Gasteiger partial charge in [0.15, 0.2) is 5.13 Å². The highest BCUT2D eigenvalue weighted by molar-refractivity contribution is 7.21. The molecule has 0 saturated heterocycles. The lowest BCUT2D eigenvalue weighted by molar-refractivity contribution is 0.103. The third-order valence-corrected chi connectivity index (χ3v) is 7.85. The van der Waals surface area contributed by atoms with E-state index >= 15 is 0 Å². The van der Waals surface area contributed by atoms with Crippen LogP contribution in [0.1, 0.15) is 15.2 Å². The highest BCUT2D eigenvalue weighted by atomic mass is 32.1. The number of rotatable bonds is 5. The van der Waals surface area contributed by atoms with Gasteiger partial charge in [-0.3, -0.25) is 15.1 Å². The van der Waals surface area contributed by atoms with Gasteiger partial charge >= 0.3 is 0 Å². The summed E-state index contributed by atoms with van der Waals surface area (Å²) in [5.41, 5.74) is 13.5. The second kappa shape index (κ2) is 9.57. The molecular weight excluding hydrogens is 498 g/mol. The number of aryl methyl sites for hydroxylation is 1. The fourth-order valence-corrected chi connectivity index (χ4v) is 5.84. The molecule has 6 aromatic rings. The predicted octanol–water partition coefficient (Wildman–Crippen LogP) is 7.29. The van der Waals surface area contributed by atoms with E-state index in [4.69, 9.17) is 10.7 Å². The summed E-state index contributed by atoms with van der Waals surface area (Å²) in [6.45, 7) is 2.06. The number of hydrogen-bond donors (Lipinski definition) is 2. The molecule has 180 valence electrons. The van der Waals surface area contributed by atoms with Gasteiger partial charge < -0.3 is 5.73 Å². The number of nitrogens with two attached hydrogens (primary N) is 1. The Kier molecular flexibility index (Phi) is 5.96. The number of nitrogens with zero attached hydrogens (tertiary/aromatic N) is 3. The molecule has 0 fully saturated rings. The molecule has 4 aromatic heterocycles. The van der Waals surface area contributed by atoms with Crippen LogP contribution in [0.3, 0.4) is 0 Å². The minimum Gasteiger partial charge on any atom is -0.397 e. The maximum atomic E-state index is 13.3. The summed E-state index contributed by atoms with van der Waals surface area (Å²) in [7, 11) is 0. The number of hydrogen-bond acceptors (Lipinski definition) is 7. The number of thiophene rings is 1. The van der Waals surface area contributed by atoms with Crippen molar-refractivity contribution in [3.05, 3.63) is 101 Å². The topological polar surface area (TPSA) is 93.8 Å². The molecular formula is C29H21N5OS2. The van der Waals surface area contributed by atoms with E-state index < -0.39 is 0 Å². The molecule has 1 amide bonds. The second-order valence-corrected chi connectivity index (χ2v) is 10.4. The SMILES string of the molecule is Cc1ccc(-c2cc(-c3ccccc3)nc3sc(C(=O)Nc4nc(-c5ccccn5)cs4)c(N)c23)cc1. The number of anilines is 2. The number of benzene rings is 2. The quantitative estimate of drug-likeness (QED) is 0.249. The number of nitrogens with one attached hydrogen (secondary N) is 1. The van der Waals surface area contributed by atoms with E-state index in [1.165, 1.54) is 28.2 Å². The summed E-state index contributed by atoms with van der Waals surface area (Å²) < 4.78 is 0. The number of thiazole rings is 1. The molecule has 0 radical (unpaired) electrons. The Hall–Kier alpha value is -4.40. The van der Waals surface area contributed by atoms with Crippen molar-refractivity contribution < 1.29 is 4.79 Å². The Morgan fingerprint density at radius 3 is 2.41 bits per heavy atom. The molecule has 4 heterocycles. The van der Waals surface area contributed by atoms with Crippen molar-refractivity contribution in [2.45, 2.75) is 6.92 Å². The molecule has 2 aromatic carbocycles. The van der Waals surface area contributed by atoms with Gasteiger partial charge in [-0.25, -0.2) is 9.97 Å². The number of amides is 1. The minimum atomic E-state index is -0.307. The van der Waals surface area contributed by atoms with E-state index in [1.54, 1.807) is 6.20 Å². The van der Waals surface area contributed by atoms with Crippen molar-refractivity contribution >= 4 is 49.6 Å². The van der Waals surface area contributed by atoms with Crippen molar-refractivity contribution in [2.24, 2.45) is 0 Å². The lowest BCUT2D eigenvalue weighted by Crippen LogP contribution is -2.11. The van der Waals surface area contributed by atoms with Crippen LogP contribution in [0.4, 0.5) is 10.8 Å². The summed E-state index contributed by atoms with van der Waals surface area (Å²) in [6, 6.07) is 26.0. The number of carbonyl (C=O) groups is 1. The molecule has 6 nitrogen and oxygen atoms in total. The van der Waals surface area contributed by atoms with Crippen LogP contribution in [0.15, 0.2) is 90.4 Å². The van der Waals surface area contributed by atoms with Crippen LogP contribution in [-0.2, 0) is 0 Å². The van der Waals surface area contributed by atoms with E-state index in [9.17, 15) is 4.79 Å². The molecule has 3 N–H and O–H groups in total. The Labute approximate surface area is 221 Å². The van der Waals surface area contributed by atoms with Crippen molar-refractivity contribution in [3.8, 4) is 33.8 Å². The molecule has 0 unspecified atom stereocenters. The molecule has 0 bridgehead atoms. The van der Waals surface area contributed by atoms with Gasteiger partial charge in [0.25, 0.3) is 5.91 Å². The summed E-state index contributed by atoms with van der Waals surface area (Å²) in [4.78, 5) is 28.2. The number of fused-ring (bicyclic) bond motifs is 1. The van der Waals surface area contributed by atoms with Crippen molar-refractivity contribution in [1.29, 1.82) is 0 Å². The van der Waals surface area contributed by atoms with Crippen molar-refractivity contribution in [2.75, 3.05) is 11.1 Å². The monoisotopic (exact) mass is 519 g/mol. The van der Waals surface area contributed by atoms with Gasteiger partial charge in [-0.2, -0.15) is 0 Å². The first kappa shape index (κ1) is 23.0. The first-order chi connectivity index (χ1) is 18.1. The number of pyridine rings is 2. The first-order valence-corrected chi connectivity index (χ1v) is 13.3. The third kappa shape index (κ3) is 4.48. The Morgan fingerprint density at radius 2 is 1.65 bits per heavy atom. The second-order valence-electron chi connectivity index (χ2n) is 8.52. The van der Waals surface area contributed by atoms with E-state index in [-0.39, 0.29) is 5.91 Å². The zero-order chi connectivity index (χ0) is 25.4. The van der Waals surface area contributed by atoms with E-state index in [0.717, 1.165) is 33.5 Å². The predicted molar refractivity (Wildman–Crippen MR) is 153 cm³/mol. The van der Waals surface area contributed by atoms with Crippen LogP contribution in [0.2, 0.25) is 0 Å². The molecule has 8 heteroatoms. The standard InChI is InChI=1S/C29H21N5OS2/c1-17-10-12-18(13-11-17)20-15-22(19-7-3-2-4-8-19)32-28-24(20)25(30)26(37-28)27(35)34-29-33-23(16-36-29)21-9-5-6-14-31-21/h2-16H,30H2,1H3,(H,33,34,35). The van der Waals surface area contributed by atoms with Gasteiger partial charge in [0.1, 0.15) is 15.4 Å². The molecule has 37 heavy (non-hydrogen) atoms. The molecule has 0 aliphatic heterocycles. The van der Waals surface area contributed by atoms with Crippen LogP contribution in [-0.4, -0.2) is 20.9 Å². The summed E-state index contributed by atoms with van der Waals surface area (Å²) >= 11 is 2.64. The smallest absolute Gasteiger partial charge is 0.269 e. The van der Waals surface area contributed by atoms with Gasteiger partial charge in [0.05, 0.1) is 17.1 Å². The fourth-order valence-electron chi connectivity index (χ4n) is 4.12. The maximum absolute atomic E-state index is 13.3. The molecule has 0 saturated carbocycles. The summed E-state index contributed by atoms with van der Waals surface area (Å²) in [6.07, 6.45) is 1.72. The minimum absolute atomic E-state index is 0.307. The summed E-state index contributed by atoms with van der Waals surface area (Å²) in [5, 5.41) is 6.05. The Bertz CT molecular complexity index is 1730. The van der Waals surface area contributed by atoms with Crippen molar-refractivity contribution in [3.63, 3.8) is 0 Å². The molecule has 0 aliphatic rings. The van der Waals surface area contributed by atoms with Gasteiger partial charge in [0.2, 0.25) is 0 Å². The largest absolute Gasteiger partial charge is 0.397 e. The van der Waals surface area contributed by atoms with Crippen LogP contribution in [0.5, 0.6) is 0 Å². The van der Waals surface area contributed by atoms with E-state index in [1.807, 2.05) is 60.0 Å². The number of carbonyl (C=O) groups excluding carboxylic acids is 1. The lowest BCUT2D eigenvalue weighted by Gasteiger charge is -2.09. The van der Waals surface area contributed by atoms with Crippen LogP contribution in [0, 0.1) is 6.92 Å².